The summed E-state index contributed by atoms with van der Waals surface area (Å²) in [5.74, 6) is 1.02. The second kappa shape index (κ2) is 7.50. The number of nitrogens with one attached hydrogen (secondary N) is 1. The quantitative estimate of drug-likeness (QED) is 0.918. The molecule has 5 nitrogen and oxygen atoms in total. The smallest absolute Gasteiger partial charge is 0.227 e. The van der Waals surface area contributed by atoms with Gasteiger partial charge >= 0.3 is 0 Å². The molecule has 0 spiro atoms. The molecule has 1 aromatic carbocycles. The highest BCUT2D eigenvalue weighted by Crippen LogP contribution is 2.23. The Hall–Kier alpha value is -2.34. The highest BCUT2D eigenvalue weighted by molar-refractivity contribution is 5.79. The summed E-state index contributed by atoms with van der Waals surface area (Å²) in [6.45, 7) is 3.20. The molecule has 1 saturated heterocycles. The van der Waals surface area contributed by atoms with E-state index in [4.69, 9.17) is 4.98 Å². The summed E-state index contributed by atoms with van der Waals surface area (Å²) in [6, 6.07) is 6.23. The van der Waals surface area contributed by atoms with Crippen molar-refractivity contribution in [1.82, 2.24) is 20.2 Å². The molecule has 0 bridgehead atoms. The summed E-state index contributed by atoms with van der Waals surface area (Å²) < 4.78 is 13.3. The molecule has 0 aliphatic carbocycles. The number of amides is 1. The van der Waals surface area contributed by atoms with Crippen molar-refractivity contribution in [2.75, 3.05) is 19.6 Å². The van der Waals surface area contributed by atoms with Crippen molar-refractivity contribution in [3.63, 3.8) is 0 Å². The van der Waals surface area contributed by atoms with Crippen molar-refractivity contribution >= 4 is 5.91 Å². The Bertz CT molecular complexity index is 804. The zero-order valence-corrected chi connectivity index (χ0v) is 14.7. The second-order valence-corrected chi connectivity index (χ2v) is 7.12. The van der Waals surface area contributed by atoms with Gasteiger partial charge < -0.3 is 10.2 Å². The maximum atomic E-state index is 13.3. The third-order valence-electron chi connectivity index (χ3n) is 5.21. The van der Waals surface area contributed by atoms with Gasteiger partial charge in [-0.15, -0.1) is 0 Å². The number of carbonyl (C=O) groups is 1. The number of fused-ring (bicyclic) bond motifs is 1. The van der Waals surface area contributed by atoms with Gasteiger partial charge in [-0.05, 0) is 37.1 Å². The van der Waals surface area contributed by atoms with Gasteiger partial charge in [0.2, 0.25) is 5.91 Å². The Labute approximate surface area is 152 Å². The van der Waals surface area contributed by atoms with Gasteiger partial charge in [0, 0.05) is 43.7 Å². The van der Waals surface area contributed by atoms with E-state index in [0.29, 0.717) is 24.6 Å². The molecule has 6 heteroatoms. The van der Waals surface area contributed by atoms with Gasteiger partial charge in [0.05, 0.1) is 12.1 Å². The number of carbonyl (C=O) groups excluding carboxylic acids is 1. The highest BCUT2D eigenvalue weighted by Gasteiger charge is 2.24. The van der Waals surface area contributed by atoms with Gasteiger partial charge in [-0.25, -0.2) is 14.4 Å². The third-order valence-corrected chi connectivity index (χ3v) is 5.21. The molecule has 4 rings (SSSR count). The van der Waals surface area contributed by atoms with Crippen molar-refractivity contribution in [3.05, 3.63) is 58.9 Å². The first-order valence-electron chi connectivity index (χ1n) is 9.26. The maximum absolute atomic E-state index is 13.3. The van der Waals surface area contributed by atoms with Crippen LogP contribution in [-0.4, -0.2) is 40.4 Å². The van der Waals surface area contributed by atoms with Gasteiger partial charge in [0.25, 0.3) is 0 Å². The van der Waals surface area contributed by atoms with Crippen molar-refractivity contribution in [2.24, 2.45) is 0 Å². The first kappa shape index (κ1) is 17.1. The van der Waals surface area contributed by atoms with Crippen LogP contribution in [0.4, 0.5) is 4.39 Å². The average molecular weight is 354 g/mol. The van der Waals surface area contributed by atoms with Crippen LogP contribution in [0, 0.1) is 5.82 Å². The predicted octanol–water partition coefficient (Wildman–Crippen LogP) is 2.21. The van der Waals surface area contributed by atoms with Crippen LogP contribution in [0.25, 0.3) is 0 Å². The van der Waals surface area contributed by atoms with Crippen LogP contribution in [0.3, 0.4) is 0 Å². The molecule has 1 aromatic heterocycles. The summed E-state index contributed by atoms with van der Waals surface area (Å²) >= 11 is 0. The van der Waals surface area contributed by atoms with Gasteiger partial charge in [-0.2, -0.15) is 0 Å². The zero-order valence-electron chi connectivity index (χ0n) is 14.7. The SMILES string of the molecule is O=C(Cc1cccc(F)c1)N1CCc2nc([C@H]3CCCNC3)ncc2C1. The van der Waals surface area contributed by atoms with E-state index in [1.807, 2.05) is 11.1 Å². The van der Waals surface area contributed by atoms with E-state index in [1.54, 1.807) is 12.1 Å². The van der Waals surface area contributed by atoms with Crippen molar-refractivity contribution in [2.45, 2.75) is 38.1 Å². The minimum absolute atomic E-state index is 0.0156. The summed E-state index contributed by atoms with van der Waals surface area (Å²) in [5, 5.41) is 3.40. The van der Waals surface area contributed by atoms with E-state index in [0.717, 1.165) is 49.4 Å². The molecular formula is C20H23FN4O. The average Bonchev–Trinajstić information content (AvgIpc) is 2.68. The molecule has 1 amide bonds. The molecule has 2 aromatic rings. The molecule has 1 atom stereocenters. The lowest BCUT2D eigenvalue weighted by molar-refractivity contribution is -0.131. The molecule has 0 radical (unpaired) electrons. The number of nitrogens with zero attached hydrogens (tertiary/aromatic N) is 3. The zero-order chi connectivity index (χ0) is 17.9. The fraction of sp³-hybridized carbons (Fsp3) is 0.450. The van der Waals surface area contributed by atoms with Gasteiger partial charge in [0.15, 0.2) is 0 Å². The van der Waals surface area contributed by atoms with E-state index < -0.39 is 0 Å². The van der Waals surface area contributed by atoms with Gasteiger partial charge in [0.1, 0.15) is 11.6 Å². The first-order chi connectivity index (χ1) is 12.7. The Morgan fingerprint density at radius 3 is 3.12 bits per heavy atom. The van der Waals surface area contributed by atoms with E-state index in [9.17, 15) is 9.18 Å². The molecule has 2 aliphatic heterocycles. The van der Waals surface area contributed by atoms with Crippen LogP contribution in [0.5, 0.6) is 0 Å². The normalized spacial score (nSPS) is 19.9. The molecule has 2 aliphatic rings. The van der Waals surface area contributed by atoms with E-state index in [2.05, 4.69) is 10.3 Å². The molecule has 1 fully saturated rings. The minimum atomic E-state index is -0.308. The first-order valence-corrected chi connectivity index (χ1v) is 9.26. The molecular weight excluding hydrogens is 331 g/mol. The number of aromatic nitrogens is 2. The van der Waals surface area contributed by atoms with Crippen LogP contribution in [0.2, 0.25) is 0 Å². The Balaban J connectivity index is 1.43. The monoisotopic (exact) mass is 354 g/mol. The van der Waals surface area contributed by atoms with Crippen molar-refractivity contribution in [1.29, 1.82) is 0 Å². The van der Waals surface area contributed by atoms with E-state index in [-0.39, 0.29) is 18.1 Å². The summed E-state index contributed by atoms with van der Waals surface area (Å²) in [5.41, 5.74) is 2.80. The lowest BCUT2D eigenvalue weighted by Gasteiger charge is -2.29. The van der Waals surface area contributed by atoms with Crippen molar-refractivity contribution < 1.29 is 9.18 Å². The Morgan fingerprint density at radius 1 is 1.38 bits per heavy atom. The maximum Gasteiger partial charge on any atom is 0.227 e. The summed E-state index contributed by atoms with van der Waals surface area (Å²) in [4.78, 5) is 23.7. The summed E-state index contributed by atoms with van der Waals surface area (Å²) in [7, 11) is 0. The van der Waals surface area contributed by atoms with Crippen LogP contribution in [0.1, 0.15) is 41.4 Å². The number of piperidine rings is 1. The number of hydrogen-bond acceptors (Lipinski definition) is 4. The van der Waals surface area contributed by atoms with Crippen LogP contribution < -0.4 is 5.32 Å². The standard InChI is InChI=1S/C20H23FN4O/c21-17-5-1-3-14(9-17)10-19(26)25-8-6-18-16(13-25)12-23-20(24-18)15-4-2-7-22-11-15/h1,3,5,9,12,15,22H,2,4,6-8,10-11,13H2/t15-/m0/s1. The number of halogens is 1. The fourth-order valence-corrected chi connectivity index (χ4v) is 3.75. The largest absolute Gasteiger partial charge is 0.338 e. The second-order valence-electron chi connectivity index (χ2n) is 7.12. The lowest BCUT2D eigenvalue weighted by atomic mass is 9.98. The van der Waals surface area contributed by atoms with E-state index >= 15 is 0 Å². The molecule has 136 valence electrons. The molecule has 1 N–H and O–H groups in total. The Kier molecular flexibility index (Phi) is 4.93. The number of hydrogen-bond donors (Lipinski definition) is 1. The minimum Gasteiger partial charge on any atom is -0.338 e. The third kappa shape index (κ3) is 3.75. The number of rotatable bonds is 3. The summed E-state index contributed by atoms with van der Waals surface area (Å²) in [6.07, 6.45) is 5.14. The van der Waals surface area contributed by atoms with Gasteiger partial charge in [-0.3, -0.25) is 4.79 Å². The molecule has 0 unspecified atom stereocenters. The molecule has 26 heavy (non-hydrogen) atoms. The fourth-order valence-electron chi connectivity index (χ4n) is 3.75. The van der Waals surface area contributed by atoms with Crippen LogP contribution in [-0.2, 0) is 24.2 Å². The highest BCUT2D eigenvalue weighted by atomic mass is 19.1. The van der Waals surface area contributed by atoms with Crippen LogP contribution >= 0.6 is 0 Å². The number of benzene rings is 1. The molecule has 3 heterocycles. The van der Waals surface area contributed by atoms with Gasteiger partial charge in [-0.1, -0.05) is 12.1 Å². The lowest BCUT2D eigenvalue weighted by Crippen LogP contribution is -2.38. The Morgan fingerprint density at radius 2 is 2.31 bits per heavy atom. The molecule has 0 saturated carbocycles. The van der Waals surface area contributed by atoms with Crippen LogP contribution in [0.15, 0.2) is 30.5 Å². The predicted molar refractivity (Wildman–Crippen MR) is 96.1 cm³/mol. The van der Waals surface area contributed by atoms with Crippen molar-refractivity contribution in [3.8, 4) is 0 Å². The van der Waals surface area contributed by atoms with E-state index in [1.165, 1.54) is 12.1 Å². The topological polar surface area (TPSA) is 58.1 Å².